The van der Waals surface area contributed by atoms with E-state index in [4.69, 9.17) is 4.74 Å². The Morgan fingerprint density at radius 3 is 2.71 bits per heavy atom. The number of piperidine rings is 2. The molecule has 1 atom stereocenters. The van der Waals surface area contributed by atoms with Gasteiger partial charge in [-0.1, -0.05) is 0 Å². The largest absolute Gasteiger partial charge is 0.381 e. The summed E-state index contributed by atoms with van der Waals surface area (Å²) in [6, 6.07) is 0. The van der Waals surface area contributed by atoms with Crippen LogP contribution in [0, 0.1) is 5.92 Å². The zero-order valence-corrected chi connectivity index (χ0v) is 11.3. The Bertz CT molecular complexity index is 196. The fourth-order valence-electron chi connectivity index (χ4n) is 3.14. The molecule has 2 rings (SSSR count). The maximum Gasteiger partial charge on any atom is 0.0595 e. The summed E-state index contributed by atoms with van der Waals surface area (Å²) in [4.78, 5) is 2.62. The van der Waals surface area contributed by atoms with Crippen LogP contribution in [0.25, 0.3) is 0 Å². The topological polar surface area (TPSA) is 24.5 Å². The van der Waals surface area contributed by atoms with Crippen molar-refractivity contribution < 1.29 is 4.74 Å². The van der Waals surface area contributed by atoms with Gasteiger partial charge in [0.05, 0.1) is 6.10 Å². The lowest BCUT2D eigenvalue weighted by Crippen LogP contribution is -2.37. The summed E-state index contributed by atoms with van der Waals surface area (Å²) in [5.41, 5.74) is 0. The van der Waals surface area contributed by atoms with E-state index in [0.717, 1.165) is 5.92 Å². The minimum absolute atomic E-state index is 0.522. The first kappa shape index (κ1) is 13.3. The third-order valence-electron chi connectivity index (χ3n) is 4.35. The van der Waals surface area contributed by atoms with Gasteiger partial charge in [0, 0.05) is 20.2 Å². The number of nitrogens with one attached hydrogen (secondary N) is 1. The number of likely N-dealkylation sites (tertiary alicyclic amines) is 1. The molecule has 3 nitrogen and oxygen atoms in total. The van der Waals surface area contributed by atoms with Gasteiger partial charge in [-0.25, -0.2) is 0 Å². The van der Waals surface area contributed by atoms with E-state index in [9.17, 15) is 0 Å². The summed E-state index contributed by atoms with van der Waals surface area (Å²) < 4.78 is 5.40. The Morgan fingerprint density at radius 2 is 2.06 bits per heavy atom. The quantitative estimate of drug-likeness (QED) is 0.794. The minimum Gasteiger partial charge on any atom is -0.381 e. The third kappa shape index (κ3) is 4.57. The van der Waals surface area contributed by atoms with Crippen LogP contribution in [0.4, 0.5) is 0 Å². The highest BCUT2D eigenvalue weighted by Crippen LogP contribution is 2.18. The minimum atomic E-state index is 0.522. The first-order valence-electron chi connectivity index (χ1n) is 7.34. The Balaban J connectivity index is 1.53. The van der Waals surface area contributed by atoms with Gasteiger partial charge in [-0.05, 0) is 64.1 Å². The molecule has 2 aliphatic rings. The van der Waals surface area contributed by atoms with Crippen molar-refractivity contribution in [2.75, 3.05) is 39.8 Å². The van der Waals surface area contributed by atoms with Gasteiger partial charge in [0.25, 0.3) is 0 Å². The number of hydrogen-bond donors (Lipinski definition) is 1. The van der Waals surface area contributed by atoms with Gasteiger partial charge in [0.1, 0.15) is 0 Å². The summed E-state index contributed by atoms with van der Waals surface area (Å²) in [5, 5.41) is 3.51. The van der Waals surface area contributed by atoms with Gasteiger partial charge in [0.2, 0.25) is 0 Å². The van der Waals surface area contributed by atoms with Gasteiger partial charge in [-0.15, -0.1) is 0 Å². The van der Waals surface area contributed by atoms with Crippen LogP contribution in [-0.2, 0) is 4.74 Å². The van der Waals surface area contributed by atoms with E-state index in [1.165, 1.54) is 71.2 Å². The molecule has 0 saturated carbocycles. The molecule has 0 radical (unpaired) electrons. The summed E-state index contributed by atoms with van der Waals surface area (Å²) >= 11 is 0. The van der Waals surface area contributed by atoms with E-state index in [1.807, 2.05) is 7.11 Å². The maximum atomic E-state index is 5.40. The van der Waals surface area contributed by atoms with Crippen LogP contribution in [0.3, 0.4) is 0 Å². The molecule has 0 amide bonds. The second-order valence-corrected chi connectivity index (χ2v) is 5.63. The van der Waals surface area contributed by atoms with E-state index < -0.39 is 0 Å². The van der Waals surface area contributed by atoms with Gasteiger partial charge < -0.3 is 15.0 Å². The van der Waals surface area contributed by atoms with E-state index in [2.05, 4.69) is 10.2 Å². The lowest BCUT2D eigenvalue weighted by Gasteiger charge is -2.31. The van der Waals surface area contributed by atoms with Crippen molar-refractivity contribution >= 4 is 0 Å². The molecule has 0 aliphatic carbocycles. The number of rotatable bonds is 5. The lowest BCUT2D eigenvalue weighted by molar-refractivity contribution is 0.0403. The molecule has 0 bridgehead atoms. The predicted molar refractivity (Wildman–Crippen MR) is 71.3 cm³/mol. The third-order valence-corrected chi connectivity index (χ3v) is 4.35. The van der Waals surface area contributed by atoms with Crippen molar-refractivity contribution in [3.63, 3.8) is 0 Å². The molecule has 2 heterocycles. The first-order valence-corrected chi connectivity index (χ1v) is 7.34. The lowest BCUT2D eigenvalue weighted by atomic mass is 9.94. The summed E-state index contributed by atoms with van der Waals surface area (Å²) in [6.45, 7) is 6.27. The monoisotopic (exact) mass is 240 g/mol. The number of ether oxygens (including phenoxy) is 1. The molecule has 0 spiro atoms. The molecule has 0 aromatic carbocycles. The average molecular weight is 240 g/mol. The predicted octanol–water partition coefficient (Wildman–Crippen LogP) is 1.88. The summed E-state index contributed by atoms with van der Waals surface area (Å²) in [7, 11) is 1.84. The molecule has 2 aliphatic heterocycles. The average Bonchev–Trinajstić information content (AvgIpc) is 2.41. The molecular weight excluding hydrogens is 212 g/mol. The fourth-order valence-corrected chi connectivity index (χ4v) is 3.14. The van der Waals surface area contributed by atoms with Crippen molar-refractivity contribution in [1.82, 2.24) is 10.2 Å². The fraction of sp³-hybridized carbons (Fsp3) is 1.00. The first-order chi connectivity index (χ1) is 8.38. The highest BCUT2D eigenvalue weighted by Gasteiger charge is 2.19. The summed E-state index contributed by atoms with van der Waals surface area (Å²) in [6.07, 6.45) is 8.58. The highest BCUT2D eigenvalue weighted by molar-refractivity contribution is 4.74. The van der Waals surface area contributed by atoms with Crippen LogP contribution in [0.5, 0.6) is 0 Å². The molecule has 0 aromatic rings. The number of methoxy groups -OCH3 is 1. The van der Waals surface area contributed by atoms with Gasteiger partial charge in [0.15, 0.2) is 0 Å². The van der Waals surface area contributed by atoms with E-state index in [1.54, 1.807) is 0 Å². The standard InChI is InChI=1S/C14H28N2O/c1-17-14-6-10-16(11-7-14)9-3-5-13-4-2-8-15-12-13/h13-15H,2-12H2,1H3. The highest BCUT2D eigenvalue weighted by atomic mass is 16.5. The molecule has 0 aromatic heterocycles. The van der Waals surface area contributed by atoms with Crippen LogP contribution < -0.4 is 5.32 Å². The molecule has 2 saturated heterocycles. The van der Waals surface area contributed by atoms with Crippen molar-refractivity contribution in [2.45, 2.75) is 44.6 Å². The smallest absolute Gasteiger partial charge is 0.0595 e. The zero-order chi connectivity index (χ0) is 11.9. The van der Waals surface area contributed by atoms with Crippen molar-refractivity contribution in [2.24, 2.45) is 5.92 Å². The van der Waals surface area contributed by atoms with Crippen LogP contribution in [-0.4, -0.2) is 50.8 Å². The second-order valence-electron chi connectivity index (χ2n) is 5.63. The van der Waals surface area contributed by atoms with Crippen molar-refractivity contribution in [1.29, 1.82) is 0 Å². The SMILES string of the molecule is COC1CCN(CCCC2CCCNC2)CC1. The number of nitrogens with zero attached hydrogens (tertiary/aromatic N) is 1. The molecule has 1 N–H and O–H groups in total. The number of hydrogen-bond acceptors (Lipinski definition) is 3. The van der Waals surface area contributed by atoms with Crippen molar-refractivity contribution in [3.8, 4) is 0 Å². The summed E-state index contributed by atoms with van der Waals surface area (Å²) in [5.74, 6) is 0.945. The van der Waals surface area contributed by atoms with Gasteiger partial charge in [-0.3, -0.25) is 0 Å². The molecule has 1 unspecified atom stereocenters. The van der Waals surface area contributed by atoms with Crippen LogP contribution in [0.1, 0.15) is 38.5 Å². The molecular formula is C14H28N2O. The van der Waals surface area contributed by atoms with E-state index in [-0.39, 0.29) is 0 Å². The van der Waals surface area contributed by atoms with Gasteiger partial charge in [-0.2, -0.15) is 0 Å². The van der Waals surface area contributed by atoms with E-state index >= 15 is 0 Å². The van der Waals surface area contributed by atoms with E-state index in [0.29, 0.717) is 6.10 Å². The van der Waals surface area contributed by atoms with Gasteiger partial charge >= 0.3 is 0 Å². The van der Waals surface area contributed by atoms with Crippen LogP contribution in [0.15, 0.2) is 0 Å². The normalized spacial score (nSPS) is 28.4. The zero-order valence-electron chi connectivity index (χ0n) is 11.3. The van der Waals surface area contributed by atoms with Crippen LogP contribution in [0.2, 0.25) is 0 Å². The Labute approximate surface area is 106 Å². The Hall–Kier alpha value is -0.120. The van der Waals surface area contributed by atoms with Crippen molar-refractivity contribution in [3.05, 3.63) is 0 Å². The molecule has 17 heavy (non-hydrogen) atoms. The Morgan fingerprint density at radius 1 is 1.24 bits per heavy atom. The maximum absolute atomic E-state index is 5.40. The molecule has 100 valence electrons. The van der Waals surface area contributed by atoms with Crippen LogP contribution >= 0.6 is 0 Å². The molecule has 2 fully saturated rings. The molecule has 3 heteroatoms. The second kappa shape index (κ2) is 7.34. The Kier molecular flexibility index (Phi) is 5.75.